The zero-order chi connectivity index (χ0) is 24.1. The molecule has 0 aliphatic rings. The van der Waals surface area contributed by atoms with Crippen LogP contribution in [0.25, 0.3) is 0 Å². The van der Waals surface area contributed by atoms with Gasteiger partial charge in [0.1, 0.15) is 18.3 Å². The number of aryl methyl sites for hydroxylation is 2. The maximum absolute atomic E-state index is 13.4. The highest BCUT2D eigenvalue weighted by molar-refractivity contribution is 7.92. The first-order chi connectivity index (χ1) is 15.0. The number of hydrogen-bond donors (Lipinski definition) is 1. The molecule has 2 aromatic rings. The van der Waals surface area contributed by atoms with E-state index in [1.807, 2.05) is 38.1 Å². The third kappa shape index (κ3) is 6.00. The molecule has 1 N–H and O–H groups in total. The van der Waals surface area contributed by atoms with E-state index in [0.717, 1.165) is 27.3 Å². The predicted octanol–water partition coefficient (Wildman–Crippen LogP) is 2.24. The Morgan fingerprint density at radius 1 is 1.12 bits per heavy atom. The van der Waals surface area contributed by atoms with Crippen molar-refractivity contribution in [2.45, 2.75) is 33.4 Å². The number of anilines is 1. The van der Waals surface area contributed by atoms with Crippen molar-refractivity contribution in [1.82, 2.24) is 10.2 Å². The summed E-state index contributed by atoms with van der Waals surface area (Å²) < 4.78 is 31.7. The highest BCUT2D eigenvalue weighted by atomic mass is 32.2. The van der Waals surface area contributed by atoms with Gasteiger partial charge in [-0.15, -0.1) is 0 Å². The molecule has 0 radical (unpaired) electrons. The molecule has 0 saturated heterocycles. The number of nitrogens with zero attached hydrogens (tertiary/aromatic N) is 2. The summed E-state index contributed by atoms with van der Waals surface area (Å²) in [5.41, 5.74) is 2.93. The van der Waals surface area contributed by atoms with Crippen molar-refractivity contribution < 1.29 is 22.7 Å². The quantitative estimate of drug-likeness (QED) is 0.618. The van der Waals surface area contributed by atoms with Crippen molar-refractivity contribution in [3.63, 3.8) is 0 Å². The van der Waals surface area contributed by atoms with Crippen LogP contribution in [-0.2, 0) is 26.2 Å². The van der Waals surface area contributed by atoms with E-state index in [1.54, 1.807) is 25.1 Å². The second kappa shape index (κ2) is 10.5. The van der Waals surface area contributed by atoms with Gasteiger partial charge in [-0.25, -0.2) is 8.42 Å². The van der Waals surface area contributed by atoms with E-state index >= 15 is 0 Å². The number of carbonyl (C=O) groups excluding carboxylic acids is 2. The van der Waals surface area contributed by atoms with E-state index in [4.69, 9.17) is 4.74 Å². The van der Waals surface area contributed by atoms with Gasteiger partial charge < -0.3 is 15.0 Å². The van der Waals surface area contributed by atoms with Crippen molar-refractivity contribution in [3.05, 3.63) is 59.2 Å². The van der Waals surface area contributed by atoms with E-state index in [-0.39, 0.29) is 18.1 Å². The molecule has 0 bridgehead atoms. The molecule has 0 fully saturated rings. The van der Waals surface area contributed by atoms with E-state index in [1.165, 1.54) is 19.1 Å². The number of hydrogen-bond acceptors (Lipinski definition) is 5. The number of benzene rings is 2. The Balaban J connectivity index is 2.47. The topological polar surface area (TPSA) is 96.0 Å². The summed E-state index contributed by atoms with van der Waals surface area (Å²) in [6.07, 6.45) is 1.04. The molecule has 32 heavy (non-hydrogen) atoms. The Labute approximate surface area is 190 Å². The number of methoxy groups -OCH3 is 1. The Hall–Kier alpha value is -3.07. The minimum atomic E-state index is -3.82. The number of amides is 2. The largest absolute Gasteiger partial charge is 0.495 e. The normalized spacial score (nSPS) is 12.1. The van der Waals surface area contributed by atoms with Crippen molar-refractivity contribution in [1.29, 1.82) is 0 Å². The molecule has 2 amide bonds. The van der Waals surface area contributed by atoms with Crippen LogP contribution in [0, 0.1) is 13.8 Å². The summed E-state index contributed by atoms with van der Waals surface area (Å²) in [7, 11) is -0.888. The Morgan fingerprint density at radius 2 is 1.78 bits per heavy atom. The van der Waals surface area contributed by atoms with Crippen LogP contribution in [0.3, 0.4) is 0 Å². The molecule has 9 heteroatoms. The average Bonchev–Trinajstić information content (AvgIpc) is 2.74. The Bertz CT molecular complexity index is 1080. The zero-order valence-electron chi connectivity index (χ0n) is 19.4. The summed E-state index contributed by atoms with van der Waals surface area (Å²) >= 11 is 0. The van der Waals surface area contributed by atoms with E-state index in [2.05, 4.69) is 5.32 Å². The van der Waals surface area contributed by atoms with Gasteiger partial charge in [-0.2, -0.15) is 0 Å². The molecular formula is C23H31N3O5S. The van der Waals surface area contributed by atoms with E-state index in [9.17, 15) is 18.0 Å². The number of ether oxygens (including phenoxy) is 1. The zero-order valence-corrected chi connectivity index (χ0v) is 20.2. The van der Waals surface area contributed by atoms with Gasteiger partial charge in [0.2, 0.25) is 21.8 Å². The first-order valence-electron chi connectivity index (χ1n) is 10.2. The SMILES string of the molecule is CNC(=O)[C@H](C)N(Cc1ccccc1C)C(=O)CN(c1cc(C)ccc1OC)S(C)(=O)=O. The van der Waals surface area contributed by atoms with Gasteiger partial charge in [-0.1, -0.05) is 30.3 Å². The molecule has 0 saturated carbocycles. The molecule has 0 aliphatic carbocycles. The van der Waals surface area contributed by atoms with Gasteiger partial charge in [0.25, 0.3) is 0 Å². The van der Waals surface area contributed by atoms with Crippen LogP contribution in [0.5, 0.6) is 5.75 Å². The summed E-state index contributed by atoms with van der Waals surface area (Å²) in [5.74, 6) is -0.511. The van der Waals surface area contributed by atoms with E-state index in [0.29, 0.717) is 5.75 Å². The first-order valence-corrected chi connectivity index (χ1v) is 12.0. The fourth-order valence-corrected chi connectivity index (χ4v) is 4.20. The van der Waals surface area contributed by atoms with Crippen LogP contribution < -0.4 is 14.4 Å². The van der Waals surface area contributed by atoms with Crippen LogP contribution in [-0.4, -0.2) is 58.1 Å². The molecule has 2 rings (SSSR count). The van der Waals surface area contributed by atoms with Crippen molar-refractivity contribution in [2.75, 3.05) is 31.3 Å². The fraction of sp³-hybridized carbons (Fsp3) is 0.391. The highest BCUT2D eigenvalue weighted by Crippen LogP contribution is 2.31. The number of nitrogens with one attached hydrogen (secondary N) is 1. The standard InChI is InChI=1S/C23H31N3O5S/c1-16-11-12-21(31-5)20(13-16)26(32(6,29)30)15-22(27)25(18(3)23(28)24-4)14-19-10-8-7-9-17(19)2/h7-13,18H,14-15H2,1-6H3,(H,24,28)/t18-/m0/s1. The second-order valence-electron chi connectivity index (χ2n) is 7.68. The second-order valence-corrected chi connectivity index (χ2v) is 9.59. The summed E-state index contributed by atoms with van der Waals surface area (Å²) in [6.45, 7) is 5.06. The maximum atomic E-state index is 13.4. The van der Waals surface area contributed by atoms with Crippen molar-refractivity contribution in [3.8, 4) is 5.75 Å². The lowest BCUT2D eigenvalue weighted by molar-refractivity contribution is -0.139. The monoisotopic (exact) mass is 461 g/mol. The average molecular weight is 462 g/mol. The minimum absolute atomic E-state index is 0.169. The van der Waals surface area contributed by atoms with Gasteiger partial charge in [-0.05, 0) is 49.6 Å². The maximum Gasteiger partial charge on any atom is 0.244 e. The van der Waals surface area contributed by atoms with Crippen LogP contribution in [0.4, 0.5) is 5.69 Å². The molecule has 0 heterocycles. The number of rotatable bonds is 9. The van der Waals surface area contributed by atoms with Gasteiger partial charge >= 0.3 is 0 Å². The lowest BCUT2D eigenvalue weighted by atomic mass is 10.1. The van der Waals surface area contributed by atoms with Crippen LogP contribution in [0.15, 0.2) is 42.5 Å². The number of sulfonamides is 1. The van der Waals surface area contributed by atoms with E-state index < -0.39 is 28.5 Å². The minimum Gasteiger partial charge on any atom is -0.495 e. The smallest absolute Gasteiger partial charge is 0.244 e. The molecule has 174 valence electrons. The Kier molecular flexibility index (Phi) is 8.26. The lowest BCUT2D eigenvalue weighted by Gasteiger charge is -2.32. The number of likely N-dealkylation sites (N-methyl/N-ethyl adjacent to an activating group) is 1. The molecule has 1 atom stereocenters. The molecule has 0 aliphatic heterocycles. The fourth-order valence-electron chi connectivity index (χ4n) is 3.35. The van der Waals surface area contributed by atoms with Gasteiger partial charge in [0.15, 0.2) is 0 Å². The van der Waals surface area contributed by atoms with Gasteiger partial charge in [0, 0.05) is 13.6 Å². The van der Waals surface area contributed by atoms with Crippen LogP contribution >= 0.6 is 0 Å². The van der Waals surface area contributed by atoms with Gasteiger partial charge in [0.05, 0.1) is 19.1 Å². The molecular weight excluding hydrogens is 430 g/mol. The number of carbonyl (C=O) groups is 2. The molecule has 8 nitrogen and oxygen atoms in total. The molecule has 2 aromatic carbocycles. The third-order valence-electron chi connectivity index (χ3n) is 5.30. The summed E-state index contributed by atoms with van der Waals surface area (Å²) in [4.78, 5) is 27.2. The third-order valence-corrected chi connectivity index (χ3v) is 6.42. The van der Waals surface area contributed by atoms with Crippen molar-refractivity contribution in [2.24, 2.45) is 0 Å². The van der Waals surface area contributed by atoms with Crippen LogP contribution in [0.1, 0.15) is 23.6 Å². The Morgan fingerprint density at radius 3 is 2.34 bits per heavy atom. The molecule has 0 spiro atoms. The lowest BCUT2D eigenvalue weighted by Crippen LogP contribution is -2.50. The van der Waals surface area contributed by atoms with Crippen molar-refractivity contribution >= 4 is 27.5 Å². The summed E-state index contributed by atoms with van der Waals surface area (Å²) in [6, 6.07) is 11.9. The van der Waals surface area contributed by atoms with Gasteiger partial charge in [-0.3, -0.25) is 13.9 Å². The first kappa shape index (κ1) is 25.2. The molecule has 0 aromatic heterocycles. The predicted molar refractivity (Wildman–Crippen MR) is 125 cm³/mol. The summed E-state index contributed by atoms with van der Waals surface area (Å²) in [5, 5.41) is 2.56. The highest BCUT2D eigenvalue weighted by Gasteiger charge is 2.31. The molecule has 0 unspecified atom stereocenters. The van der Waals surface area contributed by atoms with Crippen LogP contribution in [0.2, 0.25) is 0 Å².